The highest BCUT2D eigenvalue weighted by atomic mass is 16.3. The summed E-state index contributed by atoms with van der Waals surface area (Å²) in [5.74, 6) is 0. The highest BCUT2D eigenvalue weighted by molar-refractivity contribution is 5.59. The van der Waals surface area contributed by atoms with Gasteiger partial charge in [-0.2, -0.15) is 0 Å². The summed E-state index contributed by atoms with van der Waals surface area (Å²) in [5, 5.41) is 13.1. The van der Waals surface area contributed by atoms with Gasteiger partial charge in [-0.3, -0.25) is 4.90 Å². The second kappa shape index (κ2) is 6.60. The third kappa shape index (κ3) is 3.38. The van der Waals surface area contributed by atoms with Crippen molar-refractivity contribution < 1.29 is 5.11 Å². The van der Waals surface area contributed by atoms with Gasteiger partial charge in [0.05, 0.1) is 18.1 Å². The molecular weight excluding hydrogens is 276 g/mol. The minimum atomic E-state index is -0.169. The summed E-state index contributed by atoms with van der Waals surface area (Å²) in [4.78, 5) is 6.74. The lowest BCUT2D eigenvalue weighted by Crippen LogP contribution is -2.33. The number of aryl methyl sites for hydroxylation is 1. The van der Waals surface area contributed by atoms with Crippen molar-refractivity contribution in [3.63, 3.8) is 0 Å². The van der Waals surface area contributed by atoms with Gasteiger partial charge < -0.3 is 15.0 Å². The number of hydrogen-bond acceptors (Lipinski definition) is 4. The normalized spacial score (nSPS) is 20.4. The van der Waals surface area contributed by atoms with Gasteiger partial charge in [-0.05, 0) is 25.1 Å². The zero-order valence-corrected chi connectivity index (χ0v) is 13.2. The fraction of sp³-hybridized carbons (Fsp3) is 0.471. The molecular formula is C17H24N4O. The maximum Gasteiger partial charge on any atom is 0.0951 e. The summed E-state index contributed by atoms with van der Waals surface area (Å²) >= 11 is 0. The number of likely N-dealkylation sites (tertiary alicyclic amines) is 1. The fourth-order valence-electron chi connectivity index (χ4n) is 3.08. The quantitative estimate of drug-likeness (QED) is 0.877. The lowest BCUT2D eigenvalue weighted by Gasteiger charge is -2.24. The van der Waals surface area contributed by atoms with Crippen LogP contribution < -0.4 is 5.32 Å². The molecule has 5 heteroatoms. The van der Waals surface area contributed by atoms with Gasteiger partial charge in [0.2, 0.25) is 0 Å². The fourth-order valence-corrected chi connectivity index (χ4v) is 3.08. The molecule has 0 radical (unpaired) electrons. The van der Waals surface area contributed by atoms with Crippen molar-refractivity contribution in [3.8, 4) is 11.3 Å². The summed E-state index contributed by atoms with van der Waals surface area (Å²) in [6.07, 6.45) is 4.56. The molecule has 1 fully saturated rings. The number of benzene rings is 1. The Morgan fingerprint density at radius 2 is 2.32 bits per heavy atom. The number of β-amino-alcohol motifs (C(OH)–C–C–N with tert-alkyl or cyclic N) is 1. The van der Waals surface area contributed by atoms with E-state index in [0.717, 1.165) is 37.3 Å². The molecule has 118 valence electrons. The van der Waals surface area contributed by atoms with Crippen molar-refractivity contribution in [3.05, 3.63) is 42.4 Å². The SMILES string of the molecule is CN[C@H](CN1CC[C@H](O)C1)c1cccc(-c2cn(C)cn2)c1. The first-order valence-corrected chi connectivity index (χ1v) is 7.81. The maximum absolute atomic E-state index is 9.68. The van der Waals surface area contributed by atoms with Gasteiger partial charge in [0.1, 0.15) is 0 Å². The first-order valence-electron chi connectivity index (χ1n) is 7.81. The van der Waals surface area contributed by atoms with Gasteiger partial charge in [0.25, 0.3) is 0 Å². The number of aromatic nitrogens is 2. The zero-order valence-electron chi connectivity index (χ0n) is 13.2. The third-order valence-electron chi connectivity index (χ3n) is 4.33. The molecule has 0 aliphatic carbocycles. The van der Waals surface area contributed by atoms with Crippen LogP contribution in [0.1, 0.15) is 18.0 Å². The maximum atomic E-state index is 9.68. The van der Waals surface area contributed by atoms with E-state index < -0.39 is 0 Å². The number of imidazole rings is 1. The van der Waals surface area contributed by atoms with Crippen LogP contribution in [0.5, 0.6) is 0 Å². The van der Waals surface area contributed by atoms with E-state index in [1.807, 2.05) is 31.2 Å². The number of likely N-dealkylation sites (N-methyl/N-ethyl adjacent to an activating group) is 1. The van der Waals surface area contributed by atoms with E-state index in [-0.39, 0.29) is 12.1 Å². The Hall–Kier alpha value is -1.69. The van der Waals surface area contributed by atoms with E-state index in [4.69, 9.17) is 0 Å². The number of rotatable bonds is 5. The highest BCUT2D eigenvalue weighted by Crippen LogP contribution is 2.23. The summed E-state index contributed by atoms with van der Waals surface area (Å²) in [6, 6.07) is 8.80. The molecule has 1 aromatic carbocycles. The Bertz CT molecular complexity index is 625. The number of aliphatic hydroxyl groups is 1. The van der Waals surface area contributed by atoms with Gasteiger partial charge in [0, 0.05) is 44.5 Å². The minimum Gasteiger partial charge on any atom is -0.392 e. The van der Waals surface area contributed by atoms with E-state index in [0.29, 0.717) is 0 Å². The molecule has 1 aliphatic rings. The Morgan fingerprint density at radius 3 is 2.95 bits per heavy atom. The molecule has 22 heavy (non-hydrogen) atoms. The number of aliphatic hydroxyl groups excluding tert-OH is 1. The molecule has 0 spiro atoms. The largest absolute Gasteiger partial charge is 0.392 e. The molecule has 1 aliphatic heterocycles. The summed E-state index contributed by atoms with van der Waals surface area (Å²) < 4.78 is 1.96. The van der Waals surface area contributed by atoms with Gasteiger partial charge in [-0.15, -0.1) is 0 Å². The second-order valence-corrected chi connectivity index (χ2v) is 6.09. The van der Waals surface area contributed by atoms with Crippen LogP contribution in [0.25, 0.3) is 11.3 Å². The first kappa shape index (κ1) is 15.2. The summed E-state index contributed by atoms with van der Waals surface area (Å²) in [5.41, 5.74) is 3.39. The summed E-state index contributed by atoms with van der Waals surface area (Å²) in [6.45, 7) is 2.66. The van der Waals surface area contributed by atoms with E-state index in [1.165, 1.54) is 5.56 Å². The molecule has 2 atom stereocenters. The van der Waals surface area contributed by atoms with Crippen LogP contribution in [0.4, 0.5) is 0 Å². The average Bonchev–Trinajstić information content (AvgIpc) is 3.13. The summed E-state index contributed by atoms with van der Waals surface area (Å²) in [7, 11) is 3.97. The van der Waals surface area contributed by atoms with Gasteiger partial charge in [-0.25, -0.2) is 4.98 Å². The average molecular weight is 300 g/mol. The monoisotopic (exact) mass is 300 g/mol. The molecule has 5 nitrogen and oxygen atoms in total. The van der Waals surface area contributed by atoms with Crippen LogP contribution in [0.3, 0.4) is 0 Å². The van der Waals surface area contributed by atoms with Gasteiger partial charge >= 0.3 is 0 Å². The molecule has 0 amide bonds. The topological polar surface area (TPSA) is 53.3 Å². The minimum absolute atomic E-state index is 0.169. The first-order chi connectivity index (χ1) is 10.7. The van der Waals surface area contributed by atoms with Crippen molar-refractivity contribution in [1.82, 2.24) is 19.8 Å². The molecule has 3 rings (SSSR count). The molecule has 1 saturated heterocycles. The predicted octanol–water partition coefficient (Wildman–Crippen LogP) is 1.41. The molecule has 2 heterocycles. The van der Waals surface area contributed by atoms with Gasteiger partial charge in [-0.1, -0.05) is 18.2 Å². The Morgan fingerprint density at radius 1 is 1.45 bits per heavy atom. The van der Waals surface area contributed by atoms with Crippen LogP contribution in [-0.4, -0.2) is 52.3 Å². The van der Waals surface area contributed by atoms with Crippen LogP contribution in [0.15, 0.2) is 36.8 Å². The molecule has 2 aromatic rings. The number of nitrogens with one attached hydrogen (secondary N) is 1. The van der Waals surface area contributed by atoms with Crippen molar-refractivity contribution in [2.75, 3.05) is 26.7 Å². The lowest BCUT2D eigenvalue weighted by molar-refractivity contribution is 0.173. The predicted molar refractivity (Wildman–Crippen MR) is 87.5 cm³/mol. The standard InChI is InChI=1S/C17H24N4O/c1-18-16(11-21-7-6-15(22)9-21)13-4-3-5-14(8-13)17-10-20(2)12-19-17/h3-5,8,10,12,15-16,18,22H,6-7,9,11H2,1-2H3/t15-,16+/m0/s1. The van der Waals surface area contributed by atoms with E-state index >= 15 is 0 Å². The van der Waals surface area contributed by atoms with Crippen LogP contribution in [0, 0.1) is 0 Å². The Balaban J connectivity index is 1.77. The Kier molecular flexibility index (Phi) is 4.57. The molecule has 0 unspecified atom stereocenters. The van der Waals surface area contributed by atoms with Crippen LogP contribution in [-0.2, 0) is 7.05 Å². The molecule has 2 N–H and O–H groups in total. The van der Waals surface area contributed by atoms with Crippen LogP contribution >= 0.6 is 0 Å². The lowest BCUT2D eigenvalue weighted by atomic mass is 10.0. The van der Waals surface area contributed by atoms with Crippen LogP contribution in [0.2, 0.25) is 0 Å². The van der Waals surface area contributed by atoms with Crippen molar-refractivity contribution in [1.29, 1.82) is 0 Å². The highest BCUT2D eigenvalue weighted by Gasteiger charge is 2.23. The Labute approximate surface area is 131 Å². The third-order valence-corrected chi connectivity index (χ3v) is 4.33. The number of nitrogens with zero attached hydrogens (tertiary/aromatic N) is 3. The molecule has 0 saturated carbocycles. The zero-order chi connectivity index (χ0) is 15.5. The van der Waals surface area contributed by atoms with E-state index in [1.54, 1.807) is 0 Å². The number of hydrogen-bond donors (Lipinski definition) is 2. The second-order valence-electron chi connectivity index (χ2n) is 6.09. The van der Waals surface area contributed by atoms with Crippen molar-refractivity contribution in [2.45, 2.75) is 18.6 Å². The van der Waals surface area contributed by atoms with Crippen molar-refractivity contribution >= 4 is 0 Å². The smallest absolute Gasteiger partial charge is 0.0951 e. The van der Waals surface area contributed by atoms with E-state index in [2.05, 4.69) is 39.5 Å². The van der Waals surface area contributed by atoms with Gasteiger partial charge in [0.15, 0.2) is 0 Å². The van der Waals surface area contributed by atoms with Crippen molar-refractivity contribution in [2.24, 2.45) is 7.05 Å². The van der Waals surface area contributed by atoms with E-state index in [9.17, 15) is 5.11 Å². The molecule has 1 aromatic heterocycles. The molecule has 0 bridgehead atoms.